The number of para-hydroxylation sites is 1. The number of carbonyl (C=O) groups excluding carboxylic acids is 2. The van der Waals surface area contributed by atoms with Gasteiger partial charge in [-0.2, -0.15) is 13.2 Å². The number of hydrogen-bond acceptors (Lipinski definition) is 5. The number of benzene rings is 2. The number of amides is 1. The van der Waals surface area contributed by atoms with E-state index in [1.807, 2.05) is 5.32 Å². The Kier molecular flexibility index (Phi) is 5.22. The zero-order chi connectivity index (χ0) is 19.5. The van der Waals surface area contributed by atoms with Crippen molar-refractivity contribution in [2.45, 2.75) is 18.7 Å². The van der Waals surface area contributed by atoms with Gasteiger partial charge in [-0.15, -0.1) is 0 Å². The molecule has 0 fully saturated rings. The third kappa shape index (κ3) is 4.12. The number of nitrogens with one attached hydrogen (secondary N) is 1. The van der Waals surface area contributed by atoms with Crippen LogP contribution in [0.2, 0.25) is 0 Å². The molecule has 2 aromatic rings. The molecule has 0 spiro atoms. The molecule has 3 N–H and O–H groups in total. The van der Waals surface area contributed by atoms with Crippen LogP contribution in [0.15, 0.2) is 48.5 Å². The first-order valence-corrected chi connectivity index (χ1v) is 7.23. The summed E-state index contributed by atoms with van der Waals surface area (Å²) >= 11 is 0. The van der Waals surface area contributed by atoms with Crippen LogP contribution in [0.1, 0.15) is 17.3 Å². The lowest BCUT2D eigenvalue weighted by Crippen LogP contribution is -2.52. The van der Waals surface area contributed by atoms with Gasteiger partial charge < -0.3 is 20.3 Å². The number of phenolic OH excluding ortho intramolecular Hbond substituents is 1. The van der Waals surface area contributed by atoms with Crippen molar-refractivity contribution in [3.8, 4) is 11.5 Å². The van der Waals surface area contributed by atoms with Crippen LogP contribution in [-0.4, -0.2) is 33.9 Å². The van der Waals surface area contributed by atoms with Gasteiger partial charge in [0, 0.05) is 11.8 Å². The predicted molar refractivity (Wildman–Crippen MR) is 84.8 cm³/mol. The van der Waals surface area contributed by atoms with Gasteiger partial charge in [-0.3, -0.25) is 4.79 Å². The monoisotopic (exact) mass is 369 g/mol. The third-order valence-corrected chi connectivity index (χ3v) is 3.42. The highest BCUT2D eigenvalue weighted by Gasteiger charge is 2.55. The zero-order valence-electron chi connectivity index (χ0n) is 13.4. The number of esters is 1. The quantitative estimate of drug-likeness (QED) is 0.569. The minimum atomic E-state index is -5.18. The Bertz CT molecular complexity index is 819. The van der Waals surface area contributed by atoms with Crippen LogP contribution in [0.5, 0.6) is 11.5 Å². The molecule has 0 aliphatic rings. The molecule has 1 atom stereocenters. The number of halogens is 3. The molecule has 0 saturated heterocycles. The van der Waals surface area contributed by atoms with Crippen molar-refractivity contribution in [1.82, 2.24) is 0 Å². The van der Waals surface area contributed by atoms with Crippen LogP contribution in [0.25, 0.3) is 0 Å². The van der Waals surface area contributed by atoms with Crippen LogP contribution < -0.4 is 10.1 Å². The van der Waals surface area contributed by atoms with Gasteiger partial charge in [0.25, 0.3) is 5.91 Å². The normalized spacial score (nSPS) is 13.6. The lowest BCUT2D eigenvalue weighted by molar-refractivity contribution is -0.242. The van der Waals surface area contributed by atoms with Crippen LogP contribution in [-0.2, 0) is 4.79 Å². The van der Waals surface area contributed by atoms with E-state index in [2.05, 4.69) is 0 Å². The maximum atomic E-state index is 12.6. The molecule has 26 heavy (non-hydrogen) atoms. The van der Waals surface area contributed by atoms with Crippen LogP contribution >= 0.6 is 0 Å². The first kappa shape index (κ1) is 19.3. The van der Waals surface area contributed by atoms with Crippen molar-refractivity contribution in [1.29, 1.82) is 0 Å². The SMILES string of the molecule is CC(O)(C(=O)Nc1ccc(C(=O)Oc2ccccc2)c(O)c1)C(F)(F)F. The highest BCUT2D eigenvalue weighted by molar-refractivity contribution is 5.99. The van der Waals surface area contributed by atoms with E-state index >= 15 is 0 Å². The number of rotatable bonds is 4. The van der Waals surface area contributed by atoms with E-state index in [1.165, 1.54) is 12.1 Å². The Morgan fingerprint density at radius 3 is 2.23 bits per heavy atom. The summed E-state index contributed by atoms with van der Waals surface area (Å²) in [7, 11) is 0. The van der Waals surface area contributed by atoms with Crippen molar-refractivity contribution in [3.63, 3.8) is 0 Å². The minimum Gasteiger partial charge on any atom is -0.507 e. The van der Waals surface area contributed by atoms with E-state index in [0.717, 1.165) is 18.2 Å². The average Bonchev–Trinajstić information content (AvgIpc) is 2.54. The Labute approximate surface area is 145 Å². The van der Waals surface area contributed by atoms with Crippen LogP contribution in [0.3, 0.4) is 0 Å². The highest BCUT2D eigenvalue weighted by Crippen LogP contribution is 2.31. The van der Waals surface area contributed by atoms with Gasteiger partial charge in [-0.25, -0.2) is 4.79 Å². The first-order chi connectivity index (χ1) is 12.0. The molecule has 0 aromatic heterocycles. The largest absolute Gasteiger partial charge is 0.507 e. The summed E-state index contributed by atoms with van der Waals surface area (Å²) in [6.45, 7) is 0.299. The molecule has 0 saturated carbocycles. The number of hydrogen-bond donors (Lipinski definition) is 3. The number of ether oxygens (including phenoxy) is 1. The third-order valence-electron chi connectivity index (χ3n) is 3.42. The van der Waals surface area contributed by atoms with E-state index in [-0.39, 0.29) is 17.0 Å². The van der Waals surface area contributed by atoms with Crippen molar-refractivity contribution in [3.05, 3.63) is 54.1 Å². The van der Waals surface area contributed by atoms with Gasteiger partial charge in [0.1, 0.15) is 17.1 Å². The van der Waals surface area contributed by atoms with E-state index < -0.39 is 29.4 Å². The molecule has 1 unspecified atom stereocenters. The van der Waals surface area contributed by atoms with E-state index in [1.54, 1.807) is 18.2 Å². The second-order valence-electron chi connectivity index (χ2n) is 5.46. The molecule has 0 aliphatic heterocycles. The molecule has 2 rings (SSSR count). The lowest BCUT2D eigenvalue weighted by atomic mass is 10.1. The van der Waals surface area contributed by atoms with E-state index in [4.69, 9.17) is 4.74 Å². The minimum absolute atomic E-state index is 0.232. The number of aromatic hydroxyl groups is 1. The zero-order valence-corrected chi connectivity index (χ0v) is 13.4. The summed E-state index contributed by atoms with van der Waals surface area (Å²) in [4.78, 5) is 23.6. The van der Waals surface area contributed by atoms with Gasteiger partial charge in [0.2, 0.25) is 5.60 Å². The van der Waals surface area contributed by atoms with E-state index in [9.17, 15) is 33.0 Å². The molecule has 1 amide bonds. The van der Waals surface area contributed by atoms with Crippen molar-refractivity contribution >= 4 is 17.6 Å². The first-order valence-electron chi connectivity index (χ1n) is 7.23. The fourth-order valence-corrected chi connectivity index (χ4v) is 1.81. The second kappa shape index (κ2) is 7.04. The van der Waals surface area contributed by atoms with E-state index in [0.29, 0.717) is 6.92 Å². The molecule has 2 aromatic carbocycles. The number of carbonyl (C=O) groups is 2. The second-order valence-corrected chi connectivity index (χ2v) is 5.46. The number of aliphatic hydroxyl groups is 1. The van der Waals surface area contributed by atoms with Crippen molar-refractivity contribution in [2.75, 3.05) is 5.32 Å². The summed E-state index contributed by atoms with van der Waals surface area (Å²) in [5.41, 5.74) is -4.12. The van der Waals surface area contributed by atoms with Crippen LogP contribution in [0, 0.1) is 0 Å². The van der Waals surface area contributed by atoms with Crippen molar-refractivity contribution in [2.24, 2.45) is 0 Å². The molecule has 9 heteroatoms. The van der Waals surface area contributed by atoms with Gasteiger partial charge in [-0.1, -0.05) is 18.2 Å². The van der Waals surface area contributed by atoms with Crippen LogP contribution in [0.4, 0.5) is 18.9 Å². The summed E-state index contributed by atoms with van der Waals surface area (Å²) in [5.74, 6) is -3.01. The molecule has 0 radical (unpaired) electrons. The molecule has 138 valence electrons. The molecular weight excluding hydrogens is 355 g/mol. The number of alkyl halides is 3. The lowest BCUT2D eigenvalue weighted by Gasteiger charge is -2.24. The summed E-state index contributed by atoms with van der Waals surface area (Å²) in [6.07, 6.45) is -5.18. The fraction of sp³-hybridized carbons (Fsp3) is 0.176. The highest BCUT2D eigenvalue weighted by atomic mass is 19.4. The van der Waals surface area contributed by atoms with Gasteiger partial charge in [0.15, 0.2) is 0 Å². The Balaban J connectivity index is 2.14. The van der Waals surface area contributed by atoms with Gasteiger partial charge >= 0.3 is 12.1 Å². The Hall–Kier alpha value is -3.07. The summed E-state index contributed by atoms with van der Waals surface area (Å²) < 4.78 is 42.9. The Morgan fingerprint density at radius 2 is 1.69 bits per heavy atom. The maximum absolute atomic E-state index is 12.6. The van der Waals surface area contributed by atoms with Crippen molar-refractivity contribution < 1.29 is 37.7 Å². The number of anilines is 1. The Morgan fingerprint density at radius 1 is 1.08 bits per heavy atom. The average molecular weight is 369 g/mol. The molecule has 6 nitrogen and oxygen atoms in total. The molecule has 0 heterocycles. The predicted octanol–water partition coefficient (Wildman–Crippen LogP) is 2.86. The van der Waals surface area contributed by atoms with Gasteiger partial charge in [-0.05, 0) is 31.2 Å². The van der Waals surface area contributed by atoms with Gasteiger partial charge in [0.05, 0.1) is 0 Å². The summed E-state index contributed by atoms with van der Waals surface area (Å²) in [6, 6.07) is 11.0. The fourth-order valence-electron chi connectivity index (χ4n) is 1.81. The molecule has 0 bridgehead atoms. The molecule has 0 aliphatic carbocycles. The standard InChI is InChI=1S/C17H14F3NO5/c1-16(25,17(18,19)20)15(24)21-10-7-8-12(13(22)9-10)14(23)26-11-5-3-2-4-6-11/h2-9,22,25H,1H3,(H,21,24). The smallest absolute Gasteiger partial charge is 0.426 e. The maximum Gasteiger partial charge on any atom is 0.426 e. The molecular formula is C17H14F3NO5. The summed E-state index contributed by atoms with van der Waals surface area (Å²) in [5, 5.41) is 21.0. The number of phenols is 1. The topological polar surface area (TPSA) is 95.9 Å².